The van der Waals surface area contributed by atoms with Crippen LogP contribution in [0.5, 0.6) is 5.75 Å². The van der Waals surface area contributed by atoms with Crippen molar-refractivity contribution < 1.29 is 9.53 Å². The summed E-state index contributed by atoms with van der Waals surface area (Å²) in [6, 6.07) is 7.43. The van der Waals surface area contributed by atoms with Crippen LogP contribution in [0, 0.1) is 0 Å². The van der Waals surface area contributed by atoms with Crippen molar-refractivity contribution in [3.63, 3.8) is 0 Å². The highest BCUT2D eigenvalue weighted by atomic mass is 35.5. The number of rotatable bonds is 4. The van der Waals surface area contributed by atoms with Crippen LogP contribution in [-0.2, 0) is 4.79 Å². The Morgan fingerprint density at radius 2 is 1.90 bits per heavy atom. The molecule has 0 aromatic heterocycles. The van der Waals surface area contributed by atoms with E-state index in [1.807, 2.05) is 12.1 Å². The fraction of sp³-hybridized carbons (Fsp3) is 0.588. The number of nitrogens with one attached hydrogen (secondary N) is 1. The molecule has 0 bridgehead atoms. The van der Waals surface area contributed by atoms with E-state index >= 15 is 0 Å². The normalized spacial score (nSPS) is 18.4. The Labute approximate surface area is 132 Å². The number of carbonyl (C=O) groups excluding carboxylic acids is 1. The van der Waals surface area contributed by atoms with Crippen molar-refractivity contribution in [2.24, 2.45) is 0 Å². The number of ether oxygens (including phenoxy) is 1. The van der Waals surface area contributed by atoms with Gasteiger partial charge in [-0.15, -0.1) is 0 Å². The minimum Gasteiger partial charge on any atom is -0.481 e. The first kappa shape index (κ1) is 16.2. The van der Waals surface area contributed by atoms with Crippen molar-refractivity contribution in [3.05, 3.63) is 29.3 Å². The van der Waals surface area contributed by atoms with Crippen molar-refractivity contribution in [1.82, 2.24) is 5.32 Å². The van der Waals surface area contributed by atoms with Gasteiger partial charge in [0.1, 0.15) is 5.75 Å². The molecule has 1 aromatic rings. The molecule has 0 saturated heterocycles. The Balaban J connectivity index is 1.83. The van der Waals surface area contributed by atoms with Gasteiger partial charge < -0.3 is 10.1 Å². The third-order valence-electron chi connectivity index (χ3n) is 3.93. The van der Waals surface area contributed by atoms with E-state index in [0.717, 1.165) is 12.8 Å². The first-order chi connectivity index (χ1) is 10.1. The summed E-state index contributed by atoms with van der Waals surface area (Å²) in [5, 5.41) is 3.74. The molecular formula is C17H24ClNO2. The van der Waals surface area contributed by atoms with Crippen LogP contribution in [0.1, 0.15) is 51.9 Å². The van der Waals surface area contributed by atoms with E-state index < -0.39 is 6.10 Å². The van der Waals surface area contributed by atoms with Gasteiger partial charge in [0.2, 0.25) is 0 Å². The summed E-state index contributed by atoms with van der Waals surface area (Å²) in [5.41, 5.74) is 0. The van der Waals surface area contributed by atoms with Crippen LogP contribution in [0.2, 0.25) is 5.02 Å². The molecule has 1 N–H and O–H groups in total. The quantitative estimate of drug-likeness (QED) is 0.898. The van der Waals surface area contributed by atoms with E-state index in [4.69, 9.17) is 16.3 Å². The van der Waals surface area contributed by atoms with Gasteiger partial charge in [0.25, 0.3) is 5.91 Å². The second kappa shape index (κ2) is 8.28. The fourth-order valence-electron chi connectivity index (χ4n) is 2.72. The molecular weight excluding hydrogens is 286 g/mol. The van der Waals surface area contributed by atoms with Crippen molar-refractivity contribution in [1.29, 1.82) is 0 Å². The van der Waals surface area contributed by atoms with Gasteiger partial charge in [0.15, 0.2) is 6.10 Å². The standard InChI is InChI=1S/C17H24ClNO2/c1-13(21-16-11-7-8-14(18)12-16)17(20)19-15-9-5-3-2-4-6-10-15/h7-8,11-13,15H,2-6,9-10H2,1H3,(H,19,20)/t13-/m1/s1. The number of benzene rings is 1. The third kappa shape index (κ3) is 5.58. The van der Waals surface area contributed by atoms with E-state index in [1.165, 1.54) is 32.1 Å². The molecule has 0 aliphatic heterocycles. The zero-order chi connectivity index (χ0) is 15.1. The maximum Gasteiger partial charge on any atom is 0.260 e. The van der Waals surface area contributed by atoms with Crippen LogP contribution in [0.15, 0.2) is 24.3 Å². The van der Waals surface area contributed by atoms with Gasteiger partial charge in [-0.3, -0.25) is 4.79 Å². The summed E-state index contributed by atoms with van der Waals surface area (Å²) < 4.78 is 5.66. The summed E-state index contributed by atoms with van der Waals surface area (Å²) in [6.45, 7) is 1.78. The lowest BCUT2D eigenvalue weighted by atomic mass is 9.96. The van der Waals surface area contributed by atoms with Gasteiger partial charge >= 0.3 is 0 Å². The van der Waals surface area contributed by atoms with Gasteiger partial charge in [-0.25, -0.2) is 0 Å². The SMILES string of the molecule is C[C@@H](Oc1cccc(Cl)c1)C(=O)NC1CCCCCCC1. The van der Waals surface area contributed by atoms with Crippen molar-refractivity contribution in [2.75, 3.05) is 0 Å². The van der Waals surface area contributed by atoms with Crippen LogP contribution < -0.4 is 10.1 Å². The second-order valence-electron chi connectivity index (χ2n) is 5.77. The zero-order valence-electron chi connectivity index (χ0n) is 12.6. The summed E-state index contributed by atoms with van der Waals surface area (Å²) in [6.07, 6.45) is 7.94. The Morgan fingerprint density at radius 3 is 2.57 bits per heavy atom. The summed E-state index contributed by atoms with van der Waals surface area (Å²) in [4.78, 5) is 12.2. The molecule has 0 radical (unpaired) electrons. The summed E-state index contributed by atoms with van der Waals surface area (Å²) in [7, 11) is 0. The molecule has 1 atom stereocenters. The van der Waals surface area contributed by atoms with Gasteiger partial charge in [0.05, 0.1) is 0 Å². The van der Waals surface area contributed by atoms with Gasteiger partial charge in [-0.1, -0.05) is 49.8 Å². The minimum absolute atomic E-state index is 0.0412. The predicted molar refractivity (Wildman–Crippen MR) is 85.8 cm³/mol. The molecule has 3 nitrogen and oxygen atoms in total. The van der Waals surface area contributed by atoms with Crippen molar-refractivity contribution in [3.8, 4) is 5.75 Å². The molecule has 116 valence electrons. The van der Waals surface area contributed by atoms with Crippen LogP contribution in [-0.4, -0.2) is 18.1 Å². The van der Waals surface area contributed by atoms with Gasteiger partial charge in [-0.2, -0.15) is 0 Å². The predicted octanol–water partition coefficient (Wildman–Crippen LogP) is 4.34. The maximum atomic E-state index is 12.2. The number of halogens is 1. The molecule has 0 unspecified atom stereocenters. The highest BCUT2D eigenvalue weighted by molar-refractivity contribution is 6.30. The van der Waals surface area contributed by atoms with Crippen molar-refractivity contribution >= 4 is 17.5 Å². The third-order valence-corrected chi connectivity index (χ3v) is 4.16. The number of carbonyl (C=O) groups is 1. The average molecular weight is 310 g/mol. The Bertz CT molecular complexity index is 456. The van der Waals surface area contributed by atoms with Gasteiger partial charge in [0, 0.05) is 11.1 Å². The lowest BCUT2D eigenvalue weighted by Crippen LogP contribution is -2.42. The van der Waals surface area contributed by atoms with E-state index in [0.29, 0.717) is 16.8 Å². The van der Waals surface area contributed by atoms with Crippen molar-refractivity contribution in [2.45, 2.75) is 64.0 Å². The molecule has 1 fully saturated rings. The molecule has 4 heteroatoms. The molecule has 1 aliphatic rings. The minimum atomic E-state index is -0.506. The smallest absolute Gasteiger partial charge is 0.260 e. The fourth-order valence-corrected chi connectivity index (χ4v) is 2.90. The van der Waals surface area contributed by atoms with E-state index in [1.54, 1.807) is 19.1 Å². The lowest BCUT2D eigenvalue weighted by Gasteiger charge is -2.23. The zero-order valence-corrected chi connectivity index (χ0v) is 13.4. The topological polar surface area (TPSA) is 38.3 Å². The summed E-state index contributed by atoms with van der Waals surface area (Å²) in [5.74, 6) is 0.586. The molecule has 2 rings (SSSR count). The number of amides is 1. The highest BCUT2D eigenvalue weighted by Gasteiger charge is 2.19. The molecule has 1 aromatic carbocycles. The first-order valence-corrected chi connectivity index (χ1v) is 8.25. The summed E-state index contributed by atoms with van der Waals surface area (Å²) >= 11 is 5.92. The molecule has 1 amide bonds. The van der Waals surface area contributed by atoms with Crippen LogP contribution in [0.25, 0.3) is 0 Å². The van der Waals surface area contributed by atoms with Gasteiger partial charge in [-0.05, 0) is 38.0 Å². The van der Waals surface area contributed by atoms with Crippen LogP contribution in [0.4, 0.5) is 0 Å². The monoisotopic (exact) mass is 309 g/mol. The maximum absolute atomic E-state index is 12.2. The molecule has 0 heterocycles. The van der Waals surface area contributed by atoms with Crippen LogP contribution in [0.3, 0.4) is 0 Å². The van der Waals surface area contributed by atoms with E-state index in [-0.39, 0.29) is 5.91 Å². The second-order valence-corrected chi connectivity index (χ2v) is 6.20. The Hall–Kier alpha value is -1.22. The largest absolute Gasteiger partial charge is 0.481 e. The molecule has 0 spiro atoms. The molecule has 1 aliphatic carbocycles. The highest BCUT2D eigenvalue weighted by Crippen LogP contribution is 2.19. The number of hydrogen-bond acceptors (Lipinski definition) is 2. The molecule has 1 saturated carbocycles. The van der Waals surface area contributed by atoms with Crippen LogP contribution >= 0.6 is 11.6 Å². The van der Waals surface area contributed by atoms with E-state index in [2.05, 4.69) is 5.32 Å². The Morgan fingerprint density at radius 1 is 1.24 bits per heavy atom. The number of hydrogen-bond donors (Lipinski definition) is 1. The van der Waals surface area contributed by atoms with E-state index in [9.17, 15) is 4.79 Å². The lowest BCUT2D eigenvalue weighted by molar-refractivity contribution is -0.128. The molecule has 21 heavy (non-hydrogen) atoms. The Kier molecular flexibility index (Phi) is 6.37. The average Bonchev–Trinajstić information content (AvgIpc) is 2.41. The first-order valence-electron chi connectivity index (χ1n) is 7.88.